The number of rotatable bonds is 3. The van der Waals surface area contributed by atoms with Gasteiger partial charge in [0.1, 0.15) is 5.41 Å². The van der Waals surface area contributed by atoms with Crippen molar-refractivity contribution in [3.05, 3.63) is 30.1 Å². The summed E-state index contributed by atoms with van der Waals surface area (Å²) in [6, 6.07) is 5.62. The number of aliphatic carboxylic acids is 1. The fraction of sp³-hybridized carbons (Fsp3) is 0.538. The number of carboxylic acid groups (broad SMARTS) is 1. The molecule has 3 unspecified atom stereocenters. The zero-order valence-electron chi connectivity index (χ0n) is 9.50. The molecule has 4 nitrogen and oxygen atoms in total. The van der Waals surface area contributed by atoms with Crippen molar-refractivity contribution in [1.29, 1.82) is 0 Å². The zero-order chi connectivity index (χ0) is 11.9. The average Bonchev–Trinajstić information content (AvgIpc) is 2.91. The number of carbonyl (C=O) groups is 1. The minimum absolute atomic E-state index is 0.132. The topological polar surface area (TPSA) is 59.4 Å². The Hall–Kier alpha value is -1.42. The van der Waals surface area contributed by atoms with E-state index in [2.05, 4.69) is 4.98 Å². The van der Waals surface area contributed by atoms with Gasteiger partial charge < -0.3 is 9.84 Å². The van der Waals surface area contributed by atoms with Gasteiger partial charge in [-0.15, -0.1) is 0 Å². The molecule has 0 aliphatic carbocycles. The van der Waals surface area contributed by atoms with Crippen molar-refractivity contribution in [3.8, 4) is 0 Å². The van der Waals surface area contributed by atoms with Crippen LogP contribution >= 0.6 is 0 Å². The highest BCUT2D eigenvalue weighted by Crippen LogP contribution is 2.49. The highest BCUT2D eigenvalue weighted by molar-refractivity contribution is 5.76. The van der Waals surface area contributed by atoms with Gasteiger partial charge in [-0.05, 0) is 31.4 Å². The minimum atomic E-state index is -0.753. The number of nitrogens with zero attached hydrogens (tertiary/aromatic N) is 1. The number of pyridine rings is 1. The molecule has 1 N–H and O–H groups in total. The molecular weight excluding hydrogens is 218 g/mol. The van der Waals surface area contributed by atoms with E-state index in [0.717, 1.165) is 18.5 Å². The first-order chi connectivity index (χ1) is 8.21. The Bertz CT molecular complexity index is 434. The van der Waals surface area contributed by atoms with Crippen LogP contribution in [0.15, 0.2) is 24.4 Å². The highest BCUT2D eigenvalue weighted by Gasteiger charge is 2.57. The Balaban J connectivity index is 1.89. The van der Waals surface area contributed by atoms with Gasteiger partial charge >= 0.3 is 5.97 Å². The lowest BCUT2D eigenvalue weighted by atomic mass is 9.71. The smallest absolute Gasteiger partial charge is 0.312 e. The van der Waals surface area contributed by atoms with Crippen molar-refractivity contribution in [3.63, 3.8) is 0 Å². The molecule has 90 valence electrons. The monoisotopic (exact) mass is 233 g/mol. The largest absolute Gasteiger partial charge is 0.481 e. The molecule has 0 amide bonds. The van der Waals surface area contributed by atoms with E-state index in [1.165, 1.54) is 0 Å². The van der Waals surface area contributed by atoms with Gasteiger partial charge in [0.15, 0.2) is 0 Å². The molecule has 2 saturated heterocycles. The number of ether oxygens (including phenoxy) is 1. The molecule has 2 fully saturated rings. The summed E-state index contributed by atoms with van der Waals surface area (Å²) < 4.78 is 5.71. The van der Waals surface area contributed by atoms with E-state index in [0.29, 0.717) is 12.8 Å². The number of hydrogen-bond acceptors (Lipinski definition) is 3. The molecule has 0 radical (unpaired) electrons. The molecule has 3 atom stereocenters. The second-order valence-electron chi connectivity index (χ2n) is 4.99. The average molecular weight is 233 g/mol. The van der Waals surface area contributed by atoms with Gasteiger partial charge in [0.2, 0.25) is 0 Å². The van der Waals surface area contributed by atoms with Gasteiger partial charge in [0, 0.05) is 18.3 Å². The lowest BCUT2D eigenvalue weighted by Gasteiger charge is -2.30. The lowest BCUT2D eigenvalue weighted by Crippen LogP contribution is -2.42. The summed E-state index contributed by atoms with van der Waals surface area (Å²) in [5.41, 5.74) is 0.0862. The summed E-state index contributed by atoms with van der Waals surface area (Å²) >= 11 is 0. The normalized spacial score (nSPS) is 35.1. The van der Waals surface area contributed by atoms with Crippen molar-refractivity contribution >= 4 is 5.97 Å². The molecule has 0 saturated carbocycles. The number of fused-ring (bicyclic) bond motifs is 2. The van der Waals surface area contributed by atoms with Crippen LogP contribution in [0.1, 0.15) is 25.0 Å². The van der Waals surface area contributed by atoms with E-state index < -0.39 is 11.4 Å². The third-order valence-corrected chi connectivity index (χ3v) is 3.96. The molecule has 1 aromatic heterocycles. The molecule has 0 spiro atoms. The number of aromatic nitrogens is 1. The molecule has 17 heavy (non-hydrogen) atoms. The predicted molar refractivity (Wildman–Crippen MR) is 60.5 cm³/mol. The van der Waals surface area contributed by atoms with Crippen LogP contribution in [0.4, 0.5) is 0 Å². The van der Waals surface area contributed by atoms with E-state index in [4.69, 9.17) is 4.74 Å². The molecule has 1 aromatic rings. The van der Waals surface area contributed by atoms with Gasteiger partial charge in [-0.1, -0.05) is 6.07 Å². The lowest BCUT2D eigenvalue weighted by molar-refractivity contribution is -0.152. The SMILES string of the molecule is O=C(O)C1(Cc2ccccn2)CC2CCC1O2. The number of hydrogen-bond donors (Lipinski definition) is 1. The summed E-state index contributed by atoms with van der Waals surface area (Å²) in [6.45, 7) is 0. The van der Waals surface area contributed by atoms with Crippen LogP contribution in [0, 0.1) is 5.41 Å². The maximum atomic E-state index is 11.6. The zero-order valence-corrected chi connectivity index (χ0v) is 9.50. The summed E-state index contributed by atoms with van der Waals surface area (Å²) in [4.78, 5) is 15.8. The first-order valence-corrected chi connectivity index (χ1v) is 5.99. The van der Waals surface area contributed by atoms with Gasteiger partial charge in [-0.25, -0.2) is 0 Å². The molecular formula is C13H15NO3. The third-order valence-electron chi connectivity index (χ3n) is 3.96. The third kappa shape index (κ3) is 1.63. The molecule has 2 aliphatic rings. The molecule has 3 rings (SSSR count). The van der Waals surface area contributed by atoms with Crippen molar-refractivity contribution in [2.75, 3.05) is 0 Å². The first kappa shape index (κ1) is 10.7. The standard InChI is InChI=1S/C13H15NO3/c15-12(16)13(7-9-3-1-2-6-14-9)8-10-4-5-11(13)17-10/h1-3,6,10-11H,4-5,7-8H2,(H,15,16). The second kappa shape index (κ2) is 3.81. The van der Waals surface area contributed by atoms with Gasteiger partial charge in [-0.2, -0.15) is 0 Å². The second-order valence-corrected chi connectivity index (χ2v) is 4.99. The van der Waals surface area contributed by atoms with Crippen molar-refractivity contribution in [2.24, 2.45) is 5.41 Å². The van der Waals surface area contributed by atoms with Crippen LogP contribution in [-0.4, -0.2) is 28.3 Å². The van der Waals surface area contributed by atoms with E-state index in [1.807, 2.05) is 18.2 Å². The first-order valence-electron chi connectivity index (χ1n) is 5.99. The highest BCUT2D eigenvalue weighted by atomic mass is 16.5. The Morgan fingerprint density at radius 2 is 2.41 bits per heavy atom. The van der Waals surface area contributed by atoms with Gasteiger partial charge in [0.25, 0.3) is 0 Å². The van der Waals surface area contributed by atoms with Crippen molar-refractivity contribution in [2.45, 2.75) is 37.9 Å². The molecule has 0 aromatic carbocycles. The fourth-order valence-electron chi connectivity index (χ4n) is 3.11. The van der Waals surface area contributed by atoms with Crippen LogP contribution in [-0.2, 0) is 16.0 Å². The van der Waals surface area contributed by atoms with Crippen LogP contribution in [0.2, 0.25) is 0 Å². The fourth-order valence-corrected chi connectivity index (χ4v) is 3.11. The van der Waals surface area contributed by atoms with E-state index in [-0.39, 0.29) is 12.2 Å². The Kier molecular flexibility index (Phi) is 2.40. The molecule has 4 heteroatoms. The van der Waals surface area contributed by atoms with Gasteiger partial charge in [-0.3, -0.25) is 9.78 Å². The molecule has 2 aliphatic heterocycles. The summed E-state index contributed by atoms with van der Waals surface area (Å²) in [5.74, 6) is -0.740. The predicted octanol–water partition coefficient (Wildman–Crippen LogP) is 1.65. The van der Waals surface area contributed by atoms with E-state index >= 15 is 0 Å². The maximum Gasteiger partial charge on any atom is 0.312 e. The van der Waals surface area contributed by atoms with Crippen LogP contribution in [0.3, 0.4) is 0 Å². The molecule has 2 bridgehead atoms. The van der Waals surface area contributed by atoms with Crippen molar-refractivity contribution < 1.29 is 14.6 Å². The van der Waals surface area contributed by atoms with E-state index in [9.17, 15) is 9.90 Å². The summed E-state index contributed by atoms with van der Waals surface area (Å²) in [6.07, 6.45) is 4.69. The number of carboxylic acids is 1. The van der Waals surface area contributed by atoms with Gasteiger partial charge in [0.05, 0.1) is 12.2 Å². The summed E-state index contributed by atoms with van der Waals surface area (Å²) in [5, 5.41) is 9.54. The maximum absolute atomic E-state index is 11.6. The molecule has 3 heterocycles. The Morgan fingerprint density at radius 1 is 1.53 bits per heavy atom. The Morgan fingerprint density at radius 3 is 2.94 bits per heavy atom. The van der Waals surface area contributed by atoms with E-state index in [1.54, 1.807) is 6.20 Å². The quantitative estimate of drug-likeness (QED) is 0.862. The van der Waals surface area contributed by atoms with Crippen molar-refractivity contribution in [1.82, 2.24) is 4.98 Å². The Labute approximate surface area is 99.6 Å². The summed E-state index contributed by atoms with van der Waals surface area (Å²) in [7, 11) is 0. The van der Waals surface area contributed by atoms with Crippen LogP contribution in [0.5, 0.6) is 0 Å². The minimum Gasteiger partial charge on any atom is -0.481 e. The van der Waals surface area contributed by atoms with Crippen LogP contribution < -0.4 is 0 Å². The van der Waals surface area contributed by atoms with Crippen LogP contribution in [0.25, 0.3) is 0 Å².